The van der Waals surface area contributed by atoms with Crippen LogP contribution in [0.25, 0.3) is 0 Å². The predicted octanol–water partition coefficient (Wildman–Crippen LogP) is 4.35. The molecule has 2 heterocycles. The lowest BCUT2D eigenvalue weighted by Gasteiger charge is -2.08. The third-order valence-electron chi connectivity index (χ3n) is 3.19. The normalized spacial score (nSPS) is 10.7. The van der Waals surface area contributed by atoms with Crippen LogP contribution in [0.3, 0.4) is 0 Å². The Hall–Kier alpha value is -1.99. The first-order valence-electron chi connectivity index (χ1n) is 7.10. The van der Waals surface area contributed by atoms with Crippen molar-refractivity contribution in [3.05, 3.63) is 53.5 Å². The number of thioether (sulfide) groups is 1. The number of anilines is 1. The van der Waals surface area contributed by atoms with Gasteiger partial charge in [0.15, 0.2) is 4.34 Å². The molecular formula is C16H17N3O2S2. The fourth-order valence-corrected chi connectivity index (χ4v) is 3.80. The van der Waals surface area contributed by atoms with E-state index in [1.807, 2.05) is 18.2 Å². The van der Waals surface area contributed by atoms with Gasteiger partial charge in [-0.3, -0.25) is 0 Å². The van der Waals surface area contributed by atoms with Crippen LogP contribution in [0.2, 0.25) is 0 Å². The average molecular weight is 347 g/mol. The van der Waals surface area contributed by atoms with Crippen molar-refractivity contribution in [1.82, 2.24) is 10.2 Å². The molecule has 120 valence electrons. The highest BCUT2D eigenvalue weighted by Crippen LogP contribution is 2.31. The van der Waals surface area contributed by atoms with Crippen LogP contribution >= 0.6 is 23.1 Å². The number of hydrogen-bond donors (Lipinski definition) is 1. The Kier molecular flexibility index (Phi) is 5.19. The van der Waals surface area contributed by atoms with Gasteiger partial charge in [0, 0.05) is 11.3 Å². The molecule has 0 bridgehead atoms. The van der Waals surface area contributed by atoms with Gasteiger partial charge in [-0.2, -0.15) is 0 Å². The molecule has 2 aromatic heterocycles. The van der Waals surface area contributed by atoms with Crippen LogP contribution in [0.1, 0.15) is 16.9 Å². The van der Waals surface area contributed by atoms with E-state index in [0.29, 0.717) is 6.54 Å². The van der Waals surface area contributed by atoms with Crippen LogP contribution in [-0.4, -0.2) is 17.3 Å². The van der Waals surface area contributed by atoms with Crippen LogP contribution in [-0.2, 0) is 12.3 Å². The number of methoxy groups -OCH3 is 1. The Bertz CT molecular complexity index is 757. The summed E-state index contributed by atoms with van der Waals surface area (Å²) >= 11 is 3.20. The molecule has 3 aromatic rings. The zero-order valence-electron chi connectivity index (χ0n) is 12.9. The molecule has 0 saturated heterocycles. The van der Waals surface area contributed by atoms with Gasteiger partial charge in [0.05, 0.1) is 19.9 Å². The number of nitrogens with one attached hydrogen (secondary N) is 1. The Morgan fingerprint density at radius 3 is 3.00 bits per heavy atom. The number of ether oxygens (including phenoxy) is 1. The molecule has 7 heteroatoms. The minimum absolute atomic E-state index is 0.609. The van der Waals surface area contributed by atoms with Gasteiger partial charge in [-0.15, -0.1) is 10.2 Å². The van der Waals surface area contributed by atoms with Crippen molar-refractivity contribution in [1.29, 1.82) is 0 Å². The van der Waals surface area contributed by atoms with Crippen molar-refractivity contribution in [2.75, 3.05) is 12.4 Å². The first kappa shape index (κ1) is 15.9. The zero-order chi connectivity index (χ0) is 16.1. The Labute approximate surface area is 143 Å². The number of rotatable bonds is 7. The Morgan fingerprint density at radius 1 is 1.30 bits per heavy atom. The summed E-state index contributed by atoms with van der Waals surface area (Å²) in [6, 6.07) is 9.99. The summed E-state index contributed by atoms with van der Waals surface area (Å²) < 4.78 is 11.6. The lowest BCUT2D eigenvalue weighted by atomic mass is 10.1. The maximum atomic E-state index is 5.41. The summed E-state index contributed by atoms with van der Waals surface area (Å²) in [6.07, 6.45) is 1.66. The fourth-order valence-electron chi connectivity index (χ4n) is 2.08. The highest BCUT2D eigenvalue weighted by atomic mass is 32.2. The summed E-state index contributed by atoms with van der Waals surface area (Å²) in [6.45, 7) is 2.69. The van der Waals surface area contributed by atoms with E-state index in [9.17, 15) is 0 Å². The lowest BCUT2D eigenvalue weighted by Crippen LogP contribution is -1.96. The van der Waals surface area contributed by atoms with E-state index in [4.69, 9.17) is 9.15 Å². The summed E-state index contributed by atoms with van der Waals surface area (Å²) in [5.74, 6) is 2.58. The largest absolute Gasteiger partial charge is 0.496 e. The molecule has 0 aliphatic heterocycles. The van der Waals surface area contributed by atoms with E-state index < -0.39 is 0 Å². The van der Waals surface area contributed by atoms with Crippen LogP contribution in [0.4, 0.5) is 5.13 Å². The Balaban J connectivity index is 1.58. The Morgan fingerprint density at radius 2 is 2.22 bits per heavy atom. The molecule has 3 rings (SSSR count). The number of aryl methyl sites for hydroxylation is 1. The molecule has 0 fully saturated rings. The first-order valence-corrected chi connectivity index (χ1v) is 8.91. The third-order valence-corrected chi connectivity index (χ3v) is 5.25. The van der Waals surface area contributed by atoms with Gasteiger partial charge in [0.1, 0.15) is 11.5 Å². The predicted molar refractivity (Wildman–Crippen MR) is 93.2 cm³/mol. The number of aromatic nitrogens is 2. The number of furan rings is 1. The van der Waals surface area contributed by atoms with Gasteiger partial charge in [-0.1, -0.05) is 40.8 Å². The van der Waals surface area contributed by atoms with Crippen LogP contribution < -0.4 is 10.1 Å². The molecule has 1 N–H and O–H groups in total. The van der Waals surface area contributed by atoms with Crippen molar-refractivity contribution in [3.63, 3.8) is 0 Å². The summed E-state index contributed by atoms with van der Waals surface area (Å²) in [5, 5.41) is 12.4. The van der Waals surface area contributed by atoms with Crippen molar-refractivity contribution >= 4 is 28.2 Å². The fraction of sp³-hybridized carbons (Fsp3) is 0.250. The monoisotopic (exact) mass is 347 g/mol. The van der Waals surface area contributed by atoms with Gasteiger partial charge in [-0.05, 0) is 25.1 Å². The smallest absolute Gasteiger partial charge is 0.206 e. The standard InChI is InChI=1S/C16H17N3O2S2/c1-11-5-6-14(20-2)12(8-11)10-22-16-19-18-15(23-16)17-9-13-4-3-7-21-13/h3-8H,9-10H2,1-2H3,(H,17,18). The molecule has 5 nitrogen and oxygen atoms in total. The summed E-state index contributed by atoms with van der Waals surface area (Å²) in [4.78, 5) is 0. The van der Waals surface area contributed by atoms with Gasteiger partial charge in [0.25, 0.3) is 0 Å². The van der Waals surface area contributed by atoms with Crippen molar-refractivity contribution in [2.45, 2.75) is 23.6 Å². The first-order chi connectivity index (χ1) is 11.2. The highest BCUT2D eigenvalue weighted by Gasteiger charge is 2.08. The number of benzene rings is 1. The number of nitrogens with zero attached hydrogens (tertiary/aromatic N) is 2. The highest BCUT2D eigenvalue weighted by molar-refractivity contribution is 8.00. The second-order valence-corrected chi connectivity index (χ2v) is 7.11. The van der Waals surface area contributed by atoms with E-state index in [2.05, 4.69) is 34.6 Å². The zero-order valence-corrected chi connectivity index (χ0v) is 14.5. The second kappa shape index (κ2) is 7.52. The van der Waals surface area contributed by atoms with Gasteiger partial charge >= 0.3 is 0 Å². The molecule has 0 saturated carbocycles. The lowest BCUT2D eigenvalue weighted by molar-refractivity contribution is 0.411. The minimum atomic E-state index is 0.609. The summed E-state index contributed by atoms with van der Waals surface area (Å²) in [5.41, 5.74) is 2.39. The van der Waals surface area contributed by atoms with E-state index in [1.54, 1.807) is 25.1 Å². The van der Waals surface area contributed by atoms with E-state index >= 15 is 0 Å². The second-order valence-electron chi connectivity index (χ2n) is 4.91. The maximum Gasteiger partial charge on any atom is 0.206 e. The van der Waals surface area contributed by atoms with Gasteiger partial charge < -0.3 is 14.5 Å². The van der Waals surface area contributed by atoms with E-state index in [0.717, 1.165) is 32.3 Å². The van der Waals surface area contributed by atoms with Crippen molar-refractivity contribution in [3.8, 4) is 5.75 Å². The molecule has 1 aromatic carbocycles. The molecule has 0 atom stereocenters. The third kappa shape index (κ3) is 4.27. The SMILES string of the molecule is COc1ccc(C)cc1CSc1nnc(NCc2ccco2)s1. The van der Waals surface area contributed by atoms with Crippen LogP contribution in [0, 0.1) is 6.92 Å². The maximum absolute atomic E-state index is 5.41. The van der Waals surface area contributed by atoms with E-state index in [1.165, 1.54) is 16.9 Å². The minimum Gasteiger partial charge on any atom is -0.496 e. The molecule has 0 radical (unpaired) electrons. The molecule has 0 spiro atoms. The summed E-state index contributed by atoms with van der Waals surface area (Å²) in [7, 11) is 1.69. The molecule has 0 aliphatic carbocycles. The van der Waals surface area contributed by atoms with Crippen molar-refractivity contribution in [2.24, 2.45) is 0 Å². The molecule has 23 heavy (non-hydrogen) atoms. The molecule has 0 aliphatic rings. The van der Waals surface area contributed by atoms with Crippen LogP contribution in [0.5, 0.6) is 5.75 Å². The molecule has 0 unspecified atom stereocenters. The van der Waals surface area contributed by atoms with E-state index in [-0.39, 0.29) is 0 Å². The molecular weight excluding hydrogens is 330 g/mol. The number of hydrogen-bond acceptors (Lipinski definition) is 7. The quantitative estimate of drug-likeness (QED) is 0.641. The molecule has 0 amide bonds. The van der Waals surface area contributed by atoms with Crippen molar-refractivity contribution < 1.29 is 9.15 Å². The topological polar surface area (TPSA) is 60.2 Å². The average Bonchev–Trinajstić information content (AvgIpc) is 3.22. The van der Waals surface area contributed by atoms with Gasteiger partial charge in [0.2, 0.25) is 5.13 Å². The van der Waals surface area contributed by atoms with Gasteiger partial charge in [-0.25, -0.2) is 0 Å². The van der Waals surface area contributed by atoms with Crippen LogP contribution in [0.15, 0.2) is 45.4 Å².